The summed E-state index contributed by atoms with van der Waals surface area (Å²) in [6, 6.07) is 30.3. The molecule has 5 nitrogen and oxygen atoms in total. The number of para-hydroxylation sites is 1. The fraction of sp³-hybridized carbons (Fsp3) is 0.0741. The molecular weight excluding hydrogens is 396 g/mol. The second-order valence-corrected chi connectivity index (χ2v) is 7.39. The van der Waals surface area contributed by atoms with Crippen molar-refractivity contribution in [3.8, 4) is 17.1 Å². The van der Waals surface area contributed by atoms with Crippen molar-refractivity contribution in [1.82, 2.24) is 15.0 Å². The third kappa shape index (κ3) is 4.01. The zero-order chi connectivity index (χ0) is 21.8. The van der Waals surface area contributed by atoms with Gasteiger partial charge in [-0.25, -0.2) is 9.97 Å². The summed E-state index contributed by atoms with van der Waals surface area (Å²) in [6.07, 6.45) is 3.61. The number of aromatic nitrogens is 3. The molecule has 0 saturated heterocycles. The Morgan fingerprint density at radius 2 is 1.47 bits per heavy atom. The lowest BCUT2D eigenvalue weighted by Gasteiger charge is -2.26. The maximum absolute atomic E-state index is 5.32. The Kier molecular flexibility index (Phi) is 5.45. The molecule has 156 valence electrons. The van der Waals surface area contributed by atoms with Gasteiger partial charge in [0, 0.05) is 35.6 Å². The first-order valence-electron chi connectivity index (χ1n) is 10.4. The van der Waals surface area contributed by atoms with Gasteiger partial charge in [0.15, 0.2) is 5.82 Å². The Morgan fingerprint density at radius 3 is 2.22 bits per heavy atom. The minimum absolute atomic E-state index is 0.642. The van der Waals surface area contributed by atoms with Crippen molar-refractivity contribution in [2.75, 3.05) is 12.0 Å². The van der Waals surface area contributed by atoms with Crippen molar-refractivity contribution in [2.24, 2.45) is 0 Å². The molecule has 0 N–H and O–H groups in total. The van der Waals surface area contributed by atoms with Gasteiger partial charge in [0.05, 0.1) is 12.6 Å². The van der Waals surface area contributed by atoms with Gasteiger partial charge >= 0.3 is 0 Å². The van der Waals surface area contributed by atoms with Crippen LogP contribution in [0.3, 0.4) is 0 Å². The van der Waals surface area contributed by atoms with E-state index in [1.807, 2.05) is 72.8 Å². The minimum atomic E-state index is 0.642. The number of nitrogens with zero attached hydrogens (tertiary/aromatic N) is 4. The molecule has 5 heteroatoms. The van der Waals surface area contributed by atoms with Crippen molar-refractivity contribution < 1.29 is 4.74 Å². The highest BCUT2D eigenvalue weighted by atomic mass is 16.5. The van der Waals surface area contributed by atoms with Crippen LogP contribution in [0.2, 0.25) is 0 Å². The van der Waals surface area contributed by atoms with Crippen LogP contribution in [0.5, 0.6) is 5.75 Å². The van der Waals surface area contributed by atoms with Gasteiger partial charge in [-0.15, -0.1) is 0 Å². The van der Waals surface area contributed by atoms with Gasteiger partial charge in [-0.05, 0) is 42.0 Å². The van der Waals surface area contributed by atoms with E-state index in [1.165, 1.54) is 0 Å². The first-order valence-corrected chi connectivity index (χ1v) is 10.4. The van der Waals surface area contributed by atoms with Crippen molar-refractivity contribution in [1.29, 1.82) is 0 Å². The first kappa shape index (κ1) is 19.7. The van der Waals surface area contributed by atoms with Gasteiger partial charge in [0.1, 0.15) is 11.6 Å². The van der Waals surface area contributed by atoms with Crippen LogP contribution in [0.25, 0.3) is 22.3 Å². The van der Waals surface area contributed by atoms with E-state index in [9.17, 15) is 0 Å². The van der Waals surface area contributed by atoms with Crippen molar-refractivity contribution in [3.63, 3.8) is 0 Å². The quantitative estimate of drug-likeness (QED) is 0.337. The number of hydrogen-bond acceptors (Lipinski definition) is 5. The SMILES string of the molecule is COc1ccc(CN(c2ccncc2)c2nc(-c3ccccc3)nc3ccccc23)cc1. The van der Waals surface area contributed by atoms with E-state index in [4.69, 9.17) is 14.7 Å². The maximum atomic E-state index is 5.32. The summed E-state index contributed by atoms with van der Waals surface area (Å²) in [7, 11) is 1.68. The van der Waals surface area contributed by atoms with Crippen LogP contribution in [-0.4, -0.2) is 22.1 Å². The Labute approximate surface area is 187 Å². The van der Waals surface area contributed by atoms with Crippen LogP contribution in [-0.2, 0) is 6.54 Å². The van der Waals surface area contributed by atoms with E-state index < -0.39 is 0 Å². The highest BCUT2D eigenvalue weighted by molar-refractivity contribution is 5.93. The normalized spacial score (nSPS) is 10.8. The molecule has 0 aliphatic heterocycles. The molecule has 5 aromatic rings. The number of ether oxygens (including phenoxy) is 1. The molecule has 0 unspecified atom stereocenters. The van der Waals surface area contributed by atoms with Crippen molar-refractivity contribution in [2.45, 2.75) is 6.54 Å². The van der Waals surface area contributed by atoms with Crippen LogP contribution in [0.15, 0.2) is 103 Å². The molecule has 0 fully saturated rings. The summed E-state index contributed by atoms with van der Waals surface area (Å²) in [6.45, 7) is 0.642. The highest BCUT2D eigenvalue weighted by Gasteiger charge is 2.18. The van der Waals surface area contributed by atoms with Gasteiger partial charge in [0.2, 0.25) is 0 Å². The second kappa shape index (κ2) is 8.86. The third-order valence-corrected chi connectivity index (χ3v) is 5.34. The van der Waals surface area contributed by atoms with Gasteiger partial charge in [-0.2, -0.15) is 0 Å². The lowest BCUT2D eigenvalue weighted by molar-refractivity contribution is 0.414. The molecule has 0 atom stereocenters. The summed E-state index contributed by atoms with van der Waals surface area (Å²) in [5.74, 6) is 2.40. The number of benzene rings is 3. The molecule has 0 saturated carbocycles. The largest absolute Gasteiger partial charge is 0.497 e. The standard InChI is InChI=1S/C27H22N4O/c1-32-23-13-11-20(12-14-23)19-31(22-15-17-28-18-16-22)27-24-9-5-6-10-25(24)29-26(30-27)21-7-3-2-4-8-21/h2-18H,19H2,1H3. The van der Waals surface area contributed by atoms with Crippen LogP contribution >= 0.6 is 0 Å². The average molecular weight is 419 g/mol. The van der Waals surface area contributed by atoms with Gasteiger partial charge < -0.3 is 9.64 Å². The number of hydrogen-bond donors (Lipinski definition) is 0. The predicted molar refractivity (Wildman–Crippen MR) is 128 cm³/mol. The Balaban J connectivity index is 1.68. The lowest BCUT2D eigenvalue weighted by atomic mass is 10.1. The lowest BCUT2D eigenvalue weighted by Crippen LogP contribution is -2.19. The molecule has 2 heterocycles. The van der Waals surface area contributed by atoms with Crippen LogP contribution in [0, 0.1) is 0 Å². The molecule has 2 aromatic heterocycles. The highest BCUT2D eigenvalue weighted by Crippen LogP contribution is 2.33. The Morgan fingerprint density at radius 1 is 0.750 bits per heavy atom. The van der Waals surface area contributed by atoms with Gasteiger partial charge in [-0.3, -0.25) is 4.98 Å². The first-order chi connectivity index (χ1) is 15.8. The average Bonchev–Trinajstić information content (AvgIpc) is 2.88. The second-order valence-electron chi connectivity index (χ2n) is 7.39. The zero-order valence-corrected chi connectivity index (χ0v) is 17.7. The van der Waals surface area contributed by atoms with Crippen LogP contribution in [0.4, 0.5) is 11.5 Å². The number of anilines is 2. The summed E-state index contributed by atoms with van der Waals surface area (Å²) >= 11 is 0. The van der Waals surface area contributed by atoms with Crippen LogP contribution < -0.4 is 9.64 Å². The number of rotatable bonds is 6. The molecule has 5 rings (SSSR count). The molecule has 32 heavy (non-hydrogen) atoms. The van der Waals surface area contributed by atoms with Crippen LogP contribution in [0.1, 0.15) is 5.56 Å². The molecule has 0 aliphatic carbocycles. The van der Waals surface area contributed by atoms with E-state index >= 15 is 0 Å². The predicted octanol–water partition coefficient (Wildman–Crippen LogP) is 6.04. The van der Waals surface area contributed by atoms with E-state index in [1.54, 1.807) is 19.5 Å². The third-order valence-electron chi connectivity index (χ3n) is 5.34. The Bertz CT molecular complexity index is 1320. The van der Waals surface area contributed by atoms with E-state index in [0.29, 0.717) is 12.4 Å². The molecule has 3 aromatic carbocycles. The van der Waals surface area contributed by atoms with Crippen molar-refractivity contribution in [3.05, 3.63) is 109 Å². The summed E-state index contributed by atoms with van der Waals surface area (Å²) in [4.78, 5) is 16.3. The monoisotopic (exact) mass is 418 g/mol. The van der Waals surface area contributed by atoms with Gasteiger partial charge in [0.25, 0.3) is 0 Å². The topological polar surface area (TPSA) is 51.1 Å². The molecule has 0 bridgehead atoms. The molecule has 0 aliphatic rings. The summed E-state index contributed by atoms with van der Waals surface area (Å²) in [5.41, 5.74) is 4.05. The van der Waals surface area contributed by atoms with E-state index in [0.717, 1.165) is 39.3 Å². The summed E-state index contributed by atoms with van der Waals surface area (Å²) < 4.78 is 5.32. The fourth-order valence-electron chi connectivity index (χ4n) is 3.71. The number of fused-ring (bicyclic) bond motifs is 1. The minimum Gasteiger partial charge on any atom is -0.497 e. The number of methoxy groups -OCH3 is 1. The van der Waals surface area contributed by atoms with E-state index in [-0.39, 0.29) is 0 Å². The molecular formula is C27H22N4O. The molecule has 0 amide bonds. The Hall–Kier alpha value is -4.25. The van der Waals surface area contributed by atoms with Gasteiger partial charge in [-0.1, -0.05) is 54.6 Å². The van der Waals surface area contributed by atoms with Crippen molar-refractivity contribution >= 4 is 22.4 Å². The fourth-order valence-corrected chi connectivity index (χ4v) is 3.71. The molecule has 0 spiro atoms. The molecule has 0 radical (unpaired) electrons. The zero-order valence-electron chi connectivity index (χ0n) is 17.7. The smallest absolute Gasteiger partial charge is 0.162 e. The summed E-state index contributed by atoms with van der Waals surface area (Å²) in [5, 5.41) is 0.998. The number of pyridine rings is 1. The maximum Gasteiger partial charge on any atom is 0.162 e. The van der Waals surface area contributed by atoms with E-state index in [2.05, 4.69) is 28.1 Å².